The van der Waals surface area contributed by atoms with E-state index in [2.05, 4.69) is 81.4 Å². The molecule has 26 heavy (non-hydrogen) atoms. The Hall–Kier alpha value is -1.17. The van der Waals surface area contributed by atoms with Gasteiger partial charge in [0.2, 0.25) is 0 Å². The van der Waals surface area contributed by atoms with Gasteiger partial charge >= 0.3 is 0 Å². The summed E-state index contributed by atoms with van der Waals surface area (Å²) < 4.78 is 0. The maximum absolute atomic E-state index is 10.0. The number of hydrogen-bond acceptors (Lipinski definition) is 1. The summed E-state index contributed by atoms with van der Waals surface area (Å²) in [5.41, 5.74) is 0.389. The molecule has 2 aromatic rings. The molecule has 1 aliphatic rings. The molecule has 1 aliphatic carbocycles. The van der Waals surface area contributed by atoms with E-state index in [4.69, 9.17) is 0 Å². The molecule has 3 atom stereocenters. The van der Waals surface area contributed by atoms with Crippen LogP contribution in [0.2, 0.25) is 0 Å². The predicted octanol–water partition coefficient (Wildman–Crippen LogP) is 5.33. The van der Waals surface area contributed by atoms with Crippen molar-refractivity contribution in [3.8, 4) is 0 Å². The van der Waals surface area contributed by atoms with Crippen LogP contribution in [-0.4, -0.2) is 17.9 Å². The van der Waals surface area contributed by atoms with Crippen molar-refractivity contribution >= 4 is 18.5 Å². The third kappa shape index (κ3) is 3.90. The van der Waals surface area contributed by atoms with Crippen molar-refractivity contribution in [2.24, 2.45) is 16.7 Å². The molecule has 0 heterocycles. The first kappa shape index (κ1) is 19.6. The van der Waals surface area contributed by atoms with E-state index >= 15 is 0 Å². The van der Waals surface area contributed by atoms with Crippen LogP contribution >= 0.6 is 7.92 Å². The Labute approximate surface area is 160 Å². The maximum atomic E-state index is 10.0. The van der Waals surface area contributed by atoms with Crippen LogP contribution in [0.25, 0.3) is 0 Å². The van der Waals surface area contributed by atoms with Crippen LogP contribution in [0.1, 0.15) is 46.5 Å². The molecular formula is C24H33OP. The van der Waals surface area contributed by atoms with Gasteiger partial charge < -0.3 is 5.11 Å². The number of aliphatic hydroxyl groups is 1. The molecule has 2 heteroatoms. The Balaban J connectivity index is 1.95. The fourth-order valence-electron chi connectivity index (χ4n) is 5.00. The van der Waals surface area contributed by atoms with Crippen LogP contribution in [-0.2, 0) is 0 Å². The normalized spacial score (nSPS) is 24.9. The lowest BCUT2D eigenvalue weighted by atomic mass is 9.51. The van der Waals surface area contributed by atoms with E-state index in [0.717, 1.165) is 0 Å². The van der Waals surface area contributed by atoms with Gasteiger partial charge in [0.05, 0.1) is 0 Å². The molecule has 0 radical (unpaired) electrons. The van der Waals surface area contributed by atoms with Crippen LogP contribution in [0.5, 0.6) is 0 Å². The molecule has 3 rings (SSSR count). The van der Waals surface area contributed by atoms with Crippen LogP contribution in [0.3, 0.4) is 0 Å². The molecule has 1 saturated carbocycles. The number of benzene rings is 2. The monoisotopic (exact) mass is 368 g/mol. The molecule has 0 bridgehead atoms. The molecule has 3 unspecified atom stereocenters. The SMILES string of the molecule is CCCC(C)(CP(c1ccccc1)c1ccccc1)C1CCC1(C)CO. The first-order chi connectivity index (χ1) is 12.5. The lowest BCUT2D eigenvalue weighted by molar-refractivity contribution is -0.0766. The van der Waals surface area contributed by atoms with E-state index in [0.29, 0.717) is 12.5 Å². The zero-order valence-corrected chi connectivity index (χ0v) is 17.4. The summed E-state index contributed by atoms with van der Waals surface area (Å²) in [6, 6.07) is 22.1. The first-order valence-electron chi connectivity index (χ1n) is 10.0. The largest absolute Gasteiger partial charge is 0.396 e. The predicted molar refractivity (Wildman–Crippen MR) is 115 cm³/mol. The summed E-state index contributed by atoms with van der Waals surface area (Å²) >= 11 is 0. The van der Waals surface area contributed by atoms with Gasteiger partial charge in [-0.1, -0.05) is 87.9 Å². The van der Waals surface area contributed by atoms with Crippen LogP contribution in [0.4, 0.5) is 0 Å². The van der Waals surface area contributed by atoms with Gasteiger partial charge in [0.1, 0.15) is 0 Å². The van der Waals surface area contributed by atoms with Gasteiger partial charge in [0.25, 0.3) is 0 Å². The third-order valence-electron chi connectivity index (χ3n) is 6.52. The molecular weight excluding hydrogens is 335 g/mol. The van der Waals surface area contributed by atoms with Crippen LogP contribution < -0.4 is 10.6 Å². The van der Waals surface area contributed by atoms with Gasteiger partial charge in [-0.25, -0.2) is 0 Å². The quantitative estimate of drug-likeness (QED) is 0.624. The van der Waals surface area contributed by atoms with E-state index < -0.39 is 0 Å². The van der Waals surface area contributed by atoms with Crippen molar-refractivity contribution in [1.29, 1.82) is 0 Å². The molecule has 0 saturated heterocycles. The van der Waals surface area contributed by atoms with Crippen molar-refractivity contribution in [2.75, 3.05) is 12.8 Å². The van der Waals surface area contributed by atoms with Crippen molar-refractivity contribution in [3.05, 3.63) is 60.7 Å². The minimum absolute atomic E-state index is 0.109. The summed E-state index contributed by atoms with van der Waals surface area (Å²) in [5.74, 6) is 0.623. The Morgan fingerprint density at radius 2 is 1.58 bits per heavy atom. The molecule has 1 fully saturated rings. The second-order valence-electron chi connectivity index (χ2n) is 8.56. The average Bonchev–Trinajstić information content (AvgIpc) is 2.66. The fraction of sp³-hybridized carbons (Fsp3) is 0.500. The lowest BCUT2D eigenvalue weighted by Crippen LogP contribution is -2.51. The zero-order valence-electron chi connectivity index (χ0n) is 16.5. The molecule has 140 valence electrons. The smallest absolute Gasteiger partial charge is 0.0487 e. The fourth-order valence-corrected chi connectivity index (χ4v) is 7.83. The van der Waals surface area contributed by atoms with Crippen molar-refractivity contribution in [2.45, 2.75) is 46.5 Å². The van der Waals surface area contributed by atoms with E-state index in [1.165, 1.54) is 42.5 Å². The van der Waals surface area contributed by atoms with Gasteiger partial charge in [-0.2, -0.15) is 0 Å². The Morgan fingerprint density at radius 1 is 1.04 bits per heavy atom. The summed E-state index contributed by atoms with van der Waals surface area (Å²) in [6.07, 6.45) is 6.10. The second-order valence-corrected chi connectivity index (χ2v) is 10.8. The molecule has 0 aliphatic heterocycles. The van der Waals surface area contributed by atoms with Crippen molar-refractivity contribution < 1.29 is 5.11 Å². The Morgan fingerprint density at radius 3 is 1.96 bits per heavy atom. The minimum atomic E-state index is -0.383. The molecule has 1 N–H and O–H groups in total. The van der Waals surface area contributed by atoms with Crippen molar-refractivity contribution in [3.63, 3.8) is 0 Å². The Bertz CT molecular complexity index is 642. The van der Waals surface area contributed by atoms with Gasteiger partial charge in [-0.15, -0.1) is 0 Å². The molecule has 0 spiro atoms. The average molecular weight is 369 g/mol. The molecule has 0 amide bonds. The van der Waals surface area contributed by atoms with Crippen LogP contribution in [0.15, 0.2) is 60.7 Å². The van der Waals surface area contributed by atoms with E-state index in [9.17, 15) is 5.11 Å². The second kappa shape index (κ2) is 8.24. The van der Waals surface area contributed by atoms with E-state index in [1.54, 1.807) is 0 Å². The number of aliphatic hydroxyl groups excluding tert-OH is 1. The zero-order chi connectivity index (χ0) is 18.6. The standard InChI is InChI=1S/C24H33OP/c1-4-16-24(3,22-15-17-23(22,2)18-25)19-26(20-11-7-5-8-12-20)21-13-9-6-10-14-21/h5-14,22,25H,4,15-19H2,1-3H3. The first-order valence-corrected chi connectivity index (χ1v) is 11.5. The van der Waals surface area contributed by atoms with E-state index in [1.807, 2.05) is 0 Å². The van der Waals surface area contributed by atoms with Gasteiger partial charge in [0, 0.05) is 6.61 Å². The summed E-state index contributed by atoms with van der Waals surface area (Å²) in [6.45, 7) is 7.42. The minimum Gasteiger partial charge on any atom is -0.396 e. The Kier molecular flexibility index (Phi) is 6.21. The summed E-state index contributed by atoms with van der Waals surface area (Å²) in [5, 5.41) is 13.0. The maximum Gasteiger partial charge on any atom is 0.0487 e. The summed E-state index contributed by atoms with van der Waals surface area (Å²) in [7, 11) is -0.383. The van der Waals surface area contributed by atoms with E-state index in [-0.39, 0.29) is 18.8 Å². The highest BCUT2D eigenvalue weighted by Crippen LogP contribution is 2.59. The number of hydrogen-bond donors (Lipinski definition) is 1. The number of rotatable bonds is 8. The molecule has 1 nitrogen and oxygen atoms in total. The topological polar surface area (TPSA) is 20.2 Å². The highest BCUT2D eigenvalue weighted by atomic mass is 31.1. The van der Waals surface area contributed by atoms with Gasteiger partial charge in [-0.05, 0) is 60.7 Å². The summed E-state index contributed by atoms with van der Waals surface area (Å²) in [4.78, 5) is 0. The van der Waals surface area contributed by atoms with Crippen molar-refractivity contribution in [1.82, 2.24) is 0 Å². The molecule has 0 aromatic heterocycles. The van der Waals surface area contributed by atoms with Gasteiger partial charge in [0.15, 0.2) is 0 Å². The highest BCUT2D eigenvalue weighted by molar-refractivity contribution is 7.73. The third-order valence-corrected chi connectivity index (χ3v) is 9.41. The lowest BCUT2D eigenvalue weighted by Gasteiger charge is -2.56. The highest BCUT2D eigenvalue weighted by Gasteiger charge is 2.51. The van der Waals surface area contributed by atoms with Gasteiger partial charge in [-0.3, -0.25) is 0 Å². The van der Waals surface area contributed by atoms with Crippen LogP contribution in [0, 0.1) is 16.7 Å². The molecule has 2 aromatic carbocycles.